The van der Waals surface area contributed by atoms with E-state index in [1.807, 2.05) is 6.92 Å². The second kappa shape index (κ2) is 4.49. The normalized spacial score (nSPS) is 42.2. The smallest absolute Gasteiger partial charge is 0.221 e. The van der Waals surface area contributed by atoms with Crippen LogP contribution in [0.15, 0.2) is 0 Å². The summed E-state index contributed by atoms with van der Waals surface area (Å²) in [6.07, 6.45) is 7.00. The van der Waals surface area contributed by atoms with Crippen molar-refractivity contribution in [2.24, 2.45) is 0 Å². The molecule has 4 nitrogen and oxygen atoms in total. The molecule has 4 atom stereocenters. The summed E-state index contributed by atoms with van der Waals surface area (Å²) in [7, 11) is 2.08. The van der Waals surface area contributed by atoms with Gasteiger partial charge in [0.05, 0.1) is 0 Å². The summed E-state index contributed by atoms with van der Waals surface area (Å²) in [4.78, 5) is 14.6. The van der Waals surface area contributed by atoms with Crippen LogP contribution >= 0.6 is 0 Å². The van der Waals surface area contributed by atoms with Crippen LogP contribution in [0.2, 0.25) is 0 Å². The summed E-state index contributed by atoms with van der Waals surface area (Å²) < 4.78 is 0. The topological polar surface area (TPSA) is 44.4 Å². The molecular weight excluding hydrogens is 226 g/mol. The highest BCUT2D eigenvalue weighted by atomic mass is 16.1. The third-order valence-electron chi connectivity index (χ3n) is 5.28. The fourth-order valence-electron chi connectivity index (χ4n) is 4.64. The summed E-state index contributed by atoms with van der Waals surface area (Å²) in [5, 5.41) is 6.40. The van der Waals surface area contributed by atoms with E-state index in [1.165, 1.54) is 32.1 Å². The summed E-state index contributed by atoms with van der Waals surface area (Å²) in [5.74, 6) is 0.243. The first-order chi connectivity index (χ1) is 8.68. The molecule has 3 saturated heterocycles. The summed E-state index contributed by atoms with van der Waals surface area (Å²) in [6, 6.07) is 2.15. The lowest BCUT2D eigenvalue weighted by Crippen LogP contribution is -2.69. The zero-order valence-corrected chi connectivity index (χ0v) is 11.5. The van der Waals surface area contributed by atoms with E-state index >= 15 is 0 Å². The van der Waals surface area contributed by atoms with E-state index in [0.717, 1.165) is 25.0 Å². The van der Waals surface area contributed by atoms with Gasteiger partial charge in [-0.3, -0.25) is 9.69 Å². The number of amides is 1. The van der Waals surface area contributed by atoms with E-state index < -0.39 is 0 Å². The number of hydrogen-bond donors (Lipinski definition) is 2. The van der Waals surface area contributed by atoms with Gasteiger partial charge in [0.1, 0.15) is 0 Å². The predicted octanol–water partition coefficient (Wildman–Crippen LogP) is 0.870. The second-order valence-corrected chi connectivity index (χ2v) is 6.27. The maximum Gasteiger partial charge on any atom is 0.221 e. The van der Waals surface area contributed by atoms with Crippen LogP contribution in [0.25, 0.3) is 0 Å². The van der Waals surface area contributed by atoms with Crippen molar-refractivity contribution in [1.82, 2.24) is 15.5 Å². The number of hydrogen-bond acceptors (Lipinski definition) is 3. The number of rotatable bonds is 4. The lowest BCUT2D eigenvalue weighted by molar-refractivity contribution is -0.135. The molecule has 1 amide bonds. The zero-order chi connectivity index (χ0) is 12.8. The van der Waals surface area contributed by atoms with Crippen LogP contribution in [-0.4, -0.2) is 48.1 Å². The molecule has 0 aromatic rings. The summed E-state index contributed by atoms with van der Waals surface area (Å²) in [6.45, 7) is 2.75. The Morgan fingerprint density at radius 2 is 2.17 bits per heavy atom. The van der Waals surface area contributed by atoms with E-state index in [2.05, 4.69) is 22.6 Å². The molecule has 3 aliphatic rings. The minimum atomic E-state index is 0.229. The first-order valence-corrected chi connectivity index (χ1v) is 7.41. The predicted molar refractivity (Wildman–Crippen MR) is 71.4 cm³/mol. The monoisotopic (exact) mass is 251 g/mol. The largest absolute Gasteiger partial charge is 0.356 e. The third-order valence-corrected chi connectivity index (χ3v) is 5.28. The van der Waals surface area contributed by atoms with Gasteiger partial charge in [-0.1, -0.05) is 0 Å². The highest BCUT2D eigenvalue weighted by Gasteiger charge is 2.60. The molecule has 3 fully saturated rings. The van der Waals surface area contributed by atoms with Gasteiger partial charge in [-0.25, -0.2) is 0 Å². The van der Waals surface area contributed by atoms with Gasteiger partial charge < -0.3 is 10.6 Å². The van der Waals surface area contributed by atoms with Gasteiger partial charge in [0.15, 0.2) is 0 Å². The van der Waals surface area contributed by atoms with Crippen molar-refractivity contribution in [2.45, 2.75) is 69.1 Å². The average molecular weight is 251 g/mol. The highest BCUT2D eigenvalue weighted by Crippen LogP contribution is 2.54. The number of nitrogens with zero attached hydrogens (tertiary/aromatic N) is 1. The van der Waals surface area contributed by atoms with Crippen LogP contribution in [-0.2, 0) is 4.79 Å². The maximum absolute atomic E-state index is 11.9. The Hall–Kier alpha value is -0.610. The van der Waals surface area contributed by atoms with Crippen LogP contribution in [0.4, 0.5) is 0 Å². The fraction of sp³-hybridized carbons (Fsp3) is 0.929. The second-order valence-electron chi connectivity index (χ2n) is 6.27. The molecule has 3 aliphatic heterocycles. The van der Waals surface area contributed by atoms with Crippen LogP contribution in [0.5, 0.6) is 0 Å². The number of piperidine rings is 1. The number of carbonyl (C=O) groups excluding carboxylic acids is 1. The number of nitrogens with one attached hydrogen (secondary N) is 2. The molecule has 0 radical (unpaired) electrons. The Morgan fingerprint density at radius 3 is 2.89 bits per heavy atom. The van der Waals surface area contributed by atoms with Crippen LogP contribution < -0.4 is 10.6 Å². The lowest BCUT2D eigenvalue weighted by Gasteiger charge is -2.60. The molecule has 0 aromatic heterocycles. The fourth-order valence-corrected chi connectivity index (χ4v) is 4.64. The van der Waals surface area contributed by atoms with Crippen molar-refractivity contribution in [2.75, 3.05) is 13.6 Å². The minimum Gasteiger partial charge on any atom is -0.356 e. The Bertz CT molecular complexity index is 346. The maximum atomic E-state index is 11.9. The molecular formula is C14H25N3O. The van der Waals surface area contributed by atoms with Crippen molar-refractivity contribution in [1.29, 1.82) is 0 Å². The summed E-state index contributed by atoms with van der Waals surface area (Å²) >= 11 is 0. The van der Waals surface area contributed by atoms with Gasteiger partial charge in [-0.15, -0.1) is 0 Å². The van der Waals surface area contributed by atoms with Crippen LogP contribution in [0.3, 0.4) is 0 Å². The molecule has 0 aliphatic carbocycles. The van der Waals surface area contributed by atoms with Crippen molar-refractivity contribution in [3.05, 3.63) is 0 Å². The van der Waals surface area contributed by atoms with Gasteiger partial charge in [0, 0.05) is 36.6 Å². The Morgan fingerprint density at radius 1 is 1.39 bits per heavy atom. The Balaban J connectivity index is 1.67. The zero-order valence-electron chi connectivity index (χ0n) is 11.5. The minimum absolute atomic E-state index is 0.229. The van der Waals surface area contributed by atoms with E-state index in [1.54, 1.807) is 0 Å². The lowest BCUT2D eigenvalue weighted by atomic mass is 9.72. The highest BCUT2D eigenvalue weighted by molar-refractivity contribution is 5.77. The average Bonchev–Trinajstić information content (AvgIpc) is 2.63. The molecule has 0 aromatic carbocycles. The Labute approximate surface area is 109 Å². The molecule has 3 rings (SSSR count). The van der Waals surface area contributed by atoms with Gasteiger partial charge in [-0.05, 0) is 46.1 Å². The quantitative estimate of drug-likeness (QED) is 0.779. The van der Waals surface area contributed by atoms with E-state index in [9.17, 15) is 4.79 Å². The molecule has 4 heteroatoms. The van der Waals surface area contributed by atoms with Crippen molar-refractivity contribution in [3.63, 3.8) is 0 Å². The SMILES string of the molecule is CCNC(=O)CC12CC[C@H]3CC(NC)C[C@@H](C1)N32. The van der Waals surface area contributed by atoms with Crippen molar-refractivity contribution >= 4 is 5.91 Å². The van der Waals surface area contributed by atoms with Crippen molar-refractivity contribution in [3.8, 4) is 0 Å². The molecule has 0 bridgehead atoms. The molecule has 3 heterocycles. The van der Waals surface area contributed by atoms with Gasteiger partial charge >= 0.3 is 0 Å². The molecule has 18 heavy (non-hydrogen) atoms. The number of carbonyl (C=O) groups is 1. The van der Waals surface area contributed by atoms with Gasteiger partial charge in [0.2, 0.25) is 5.91 Å². The molecule has 2 unspecified atom stereocenters. The van der Waals surface area contributed by atoms with Gasteiger partial charge in [0.25, 0.3) is 0 Å². The van der Waals surface area contributed by atoms with Crippen molar-refractivity contribution < 1.29 is 4.79 Å². The van der Waals surface area contributed by atoms with Crippen LogP contribution in [0.1, 0.15) is 45.4 Å². The van der Waals surface area contributed by atoms with E-state index in [0.29, 0.717) is 6.04 Å². The van der Waals surface area contributed by atoms with E-state index in [-0.39, 0.29) is 11.4 Å². The standard InChI is InChI=1S/C14H25N3O/c1-3-16-13(18)9-14-5-4-11-6-10(15-2)7-12(8-14)17(11)14/h10-12,15H,3-9H2,1-2H3,(H,16,18)/t10?,11-,12-,14?/m0/s1. The first-order valence-electron chi connectivity index (χ1n) is 7.41. The Kier molecular flexibility index (Phi) is 3.10. The molecule has 2 N–H and O–H groups in total. The molecule has 102 valence electrons. The third kappa shape index (κ3) is 1.77. The first kappa shape index (κ1) is 12.4. The molecule has 0 spiro atoms. The summed E-state index contributed by atoms with van der Waals surface area (Å²) in [5.41, 5.74) is 0.229. The van der Waals surface area contributed by atoms with Crippen LogP contribution in [0, 0.1) is 0 Å². The van der Waals surface area contributed by atoms with Gasteiger partial charge in [-0.2, -0.15) is 0 Å². The molecule has 0 saturated carbocycles. The van der Waals surface area contributed by atoms with E-state index in [4.69, 9.17) is 0 Å².